The summed E-state index contributed by atoms with van der Waals surface area (Å²) in [6.45, 7) is 1.44. The summed E-state index contributed by atoms with van der Waals surface area (Å²) in [7, 11) is 1.53. The van der Waals surface area contributed by atoms with Crippen LogP contribution >= 0.6 is 0 Å². The van der Waals surface area contributed by atoms with Gasteiger partial charge in [-0.1, -0.05) is 74.4 Å². The summed E-state index contributed by atoms with van der Waals surface area (Å²) in [6, 6.07) is 21.8. The lowest BCUT2D eigenvalue weighted by molar-refractivity contribution is -0.160. The first kappa shape index (κ1) is 26.7. The molecule has 4 aliphatic rings. The summed E-state index contributed by atoms with van der Waals surface area (Å²) in [6.07, 6.45) is 1.67. The van der Waals surface area contributed by atoms with Crippen molar-refractivity contribution in [3.63, 3.8) is 0 Å². The minimum Gasteiger partial charge on any atom is -0.497 e. The zero-order chi connectivity index (χ0) is 28.7. The maximum absolute atomic E-state index is 14.1. The smallest absolute Gasteiger partial charge is 0.329 e. The number of amides is 3. The number of hydrogen-bond acceptors (Lipinski definition) is 6. The number of carbonyl (C=O) groups is 4. The number of carbonyl (C=O) groups excluding carboxylic acids is 4. The number of esters is 1. The molecule has 210 valence electrons. The third kappa shape index (κ3) is 4.47. The summed E-state index contributed by atoms with van der Waals surface area (Å²) in [5, 5.41) is 2.68. The minimum absolute atomic E-state index is 0.254. The van der Waals surface area contributed by atoms with Gasteiger partial charge in [-0.2, -0.15) is 0 Å². The number of ether oxygens (including phenoxy) is 2. The van der Waals surface area contributed by atoms with Gasteiger partial charge in [0.1, 0.15) is 11.8 Å². The van der Waals surface area contributed by atoms with E-state index in [1.807, 2.05) is 55.5 Å². The fourth-order valence-corrected chi connectivity index (χ4v) is 6.89. The Bertz CT molecular complexity index is 1420. The lowest BCUT2D eigenvalue weighted by Gasteiger charge is -2.45. The van der Waals surface area contributed by atoms with Gasteiger partial charge in [0.25, 0.3) is 5.91 Å². The van der Waals surface area contributed by atoms with Gasteiger partial charge >= 0.3 is 5.97 Å². The number of methoxy groups -OCH3 is 1. The van der Waals surface area contributed by atoms with Crippen LogP contribution in [0.2, 0.25) is 0 Å². The van der Waals surface area contributed by atoms with E-state index in [2.05, 4.69) is 5.32 Å². The summed E-state index contributed by atoms with van der Waals surface area (Å²) >= 11 is 0. The molecule has 0 radical (unpaired) electrons. The van der Waals surface area contributed by atoms with E-state index < -0.39 is 36.4 Å². The van der Waals surface area contributed by atoms with Crippen LogP contribution in [0.25, 0.3) is 0 Å². The number of benzene rings is 3. The Morgan fingerprint density at radius 1 is 0.854 bits per heavy atom. The van der Waals surface area contributed by atoms with Crippen molar-refractivity contribution in [2.24, 2.45) is 11.8 Å². The first-order valence-electron chi connectivity index (χ1n) is 14.1. The third-order valence-corrected chi connectivity index (χ3v) is 8.60. The second-order valence-corrected chi connectivity index (χ2v) is 10.9. The topological polar surface area (TPSA) is 102 Å². The average Bonchev–Trinajstić information content (AvgIpc) is 3.26. The van der Waals surface area contributed by atoms with E-state index in [0.717, 1.165) is 33.6 Å². The van der Waals surface area contributed by atoms with Crippen molar-refractivity contribution in [1.82, 2.24) is 4.90 Å². The Morgan fingerprint density at radius 3 is 1.93 bits per heavy atom. The van der Waals surface area contributed by atoms with Crippen LogP contribution < -0.4 is 10.1 Å². The predicted molar refractivity (Wildman–Crippen MR) is 151 cm³/mol. The van der Waals surface area contributed by atoms with E-state index in [1.54, 1.807) is 24.3 Å². The van der Waals surface area contributed by atoms with Crippen LogP contribution in [0.4, 0.5) is 5.69 Å². The van der Waals surface area contributed by atoms with Crippen molar-refractivity contribution in [3.8, 4) is 5.75 Å². The van der Waals surface area contributed by atoms with Crippen LogP contribution in [0.3, 0.4) is 0 Å². The van der Waals surface area contributed by atoms with Crippen molar-refractivity contribution in [2.75, 3.05) is 19.0 Å². The lowest BCUT2D eigenvalue weighted by Crippen LogP contribution is -2.47. The molecule has 0 spiro atoms. The molecule has 0 aromatic heterocycles. The van der Waals surface area contributed by atoms with E-state index in [4.69, 9.17) is 9.47 Å². The molecule has 3 atom stereocenters. The zero-order valence-electron chi connectivity index (χ0n) is 23.0. The maximum Gasteiger partial charge on any atom is 0.329 e. The Kier molecular flexibility index (Phi) is 7.07. The normalized spacial score (nSPS) is 22.4. The maximum atomic E-state index is 14.1. The highest BCUT2D eigenvalue weighted by molar-refractivity contribution is 6.10. The van der Waals surface area contributed by atoms with Gasteiger partial charge in [-0.05, 0) is 40.8 Å². The molecule has 1 heterocycles. The summed E-state index contributed by atoms with van der Waals surface area (Å²) in [4.78, 5) is 55.4. The second kappa shape index (κ2) is 10.8. The van der Waals surface area contributed by atoms with Gasteiger partial charge in [-0.15, -0.1) is 0 Å². The Labute approximate surface area is 238 Å². The van der Waals surface area contributed by atoms with Gasteiger partial charge in [0.15, 0.2) is 6.61 Å². The molecule has 3 amide bonds. The number of nitrogens with zero attached hydrogens (tertiary/aromatic N) is 1. The van der Waals surface area contributed by atoms with Crippen LogP contribution in [0.1, 0.15) is 60.3 Å². The van der Waals surface area contributed by atoms with Gasteiger partial charge in [0.2, 0.25) is 11.8 Å². The average molecular weight is 553 g/mol. The molecule has 3 aliphatic carbocycles. The number of imide groups is 1. The van der Waals surface area contributed by atoms with E-state index in [9.17, 15) is 19.2 Å². The molecule has 0 saturated carbocycles. The summed E-state index contributed by atoms with van der Waals surface area (Å²) in [5.74, 6) is -3.04. The largest absolute Gasteiger partial charge is 0.497 e. The van der Waals surface area contributed by atoms with E-state index in [0.29, 0.717) is 17.9 Å². The number of rotatable bonds is 9. The van der Waals surface area contributed by atoms with Crippen molar-refractivity contribution in [1.29, 1.82) is 0 Å². The Hall–Kier alpha value is -4.46. The summed E-state index contributed by atoms with van der Waals surface area (Å²) < 4.78 is 10.6. The van der Waals surface area contributed by atoms with Gasteiger partial charge in [0.05, 0.1) is 18.9 Å². The molecule has 41 heavy (non-hydrogen) atoms. The molecule has 1 saturated heterocycles. The zero-order valence-corrected chi connectivity index (χ0v) is 23.0. The fourth-order valence-electron chi connectivity index (χ4n) is 6.89. The molecule has 8 heteroatoms. The predicted octanol–water partition coefficient (Wildman–Crippen LogP) is 4.63. The molecule has 3 aromatic carbocycles. The molecule has 7 rings (SSSR count). The number of likely N-dealkylation sites (tertiary alicyclic amines) is 1. The molecular formula is C33H32N2O6. The standard InChI is InChI=1S/C33H32N2O6/c1-3-4-16-25(33(39)41-18-26(36)34-19-10-9-11-20(17-19)40-2)35-31(37)29-27-21-12-5-6-13-22(21)28(30(29)32(35)38)24-15-8-7-14-23(24)27/h5-15,17,25,27-30H,3-4,16,18H2,1-2H3,(H,34,36)/t25-,27?,28?,29+,30+/m1/s1. The van der Waals surface area contributed by atoms with Crippen LogP contribution in [0.5, 0.6) is 5.75 Å². The van der Waals surface area contributed by atoms with E-state index in [1.165, 1.54) is 7.11 Å². The van der Waals surface area contributed by atoms with Gasteiger partial charge in [-0.25, -0.2) is 4.79 Å². The van der Waals surface area contributed by atoms with Crippen molar-refractivity contribution >= 4 is 29.4 Å². The van der Waals surface area contributed by atoms with E-state index in [-0.39, 0.29) is 30.1 Å². The fraction of sp³-hybridized carbons (Fsp3) is 0.333. The van der Waals surface area contributed by atoms with Gasteiger partial charge in [-0.3, -0.25) is 19.3 Å². The monoisotopic (exact) mass is 552 g/mol. The summed E-state index contributed by atoms with van der Waals surface area (Å²) in [5.41, 5.74) is 4.78. The van der Waals surface area contributed by atoms with Crippen LogP contribution in [0, 0.1) is 11.8 Å². The Balaban J connectivity index is 1.25. The molecule has 8 nitrogen and oxygen atoms in total. The van der Waals surface area contributed by atoms with Crippen LogP contribution in [-0.2, 0) is 23.9 Å². The Morgan fingerprint density at radius 2 is 1.41 bits per heavy atom. The second-order valence-electron chi connectivity index (χ2n) is 10.9. The number of nitrogens with one attached hydrogen (secondary N) is 1. The van der Waals surface area contributed by atoms with Crippen molar-refractivity contribution < 1.29 is 28.7 Å². The minimum atomic E-state index is -1.09. The molecule has 1 aliphatic heterocycles. The highest BCUT2D eigenvalue weighted by atomic mass is 16.5. The van der Waals surface area contributed by atoms with E-state index >= 15 is 0 Å². The number of unbranched alkanes of at least 4 members (excludes halogenated alkanes) is 1. The van der Waals surface area contributed by atoms with Gasteiger partial charge in [0, 0.05) is 23.6 Å². The molecular weight excluding hydrogens is 520 g/mol. The van der Waals surface area contributed by atoms with Crippen molar-refractivity contribution in [2.45, 2.75) is 44.1 Å². The van der Waals surface area contributed by atoms with Crippen LogP contribution in [-0.4, -0.2) is 48.3 Å². The quantitative estimate of drug-likeness (QED) is 0.307. The first-order chi connectivity index (χ1) is 19.9. The highest BCUT2D eigenvalue weighted by Gasteiger charge is 2.63. The lowest BCUT2D eigenvalue weighted by atomic mass is 9.55. The molecule has 3 aromatic rings. The third-order valence-electron chi connectivity index (χ3n) is 8.60. The number of anilines is 1. The molecule has 0 unspecified atom stereocenters. The SMILES string of the molecule is CCCC[C@H](C(=O)OCC(=O)Nc1cccc(OC)c1)N1C(=O)[C@H]2C3c4ccccc4C(c4ccccc43)[C@@H]2C1=O. The first-order valence-corrected chi connectivity index (χ1v) is 14.1. The highest BCUT2D eigenvalue weighted by Crippen LogP contribution is 2.61. The molecule has 1 fully saturated rings. The van der Waals surface area contributed by atoms with Crippen LogP contribution in [0.15, 0.2) is 72.8 Å². The van der Waals surface area contributed by atoms with Gasteiger partial charge < -0.3 is 14.8 Å². The molecule has 2 bridgehead atoms. The number of hydrogen-bond donors (Lipinski definition) is 1. The van der Waals surface area contributed by atoms with Crippen molar-refractivity contribution in [3.05, 3.63) is 95.1 Å². The molecule has 1 N–H and O–H groups in total.